The van der Waals surface area contributed by atoms with Gasteiger partial charge in [-0.1, -0.05) is 38.1 Å². The molecule has 0 spiro atoms. The lowest BCUT2D eigenvalue weighted by atomic mass is 10.0. The third kappa shape index (κ3) is 5.25. The lowest BCUT2D eigenvalue weighted by Gasteiger charge is -2.32. The molecule has 0 bridgehead atoms. The molecule has 0 aliphatic carbocycles. The van der Waals surface area contributed by atoms with Gasteiger partial charge in [-0.05, 0) is 51.4 Å². The number of anilines is 1. The Morgan fingerprint density at radius 3 is 2.65 bits per heavy atom. The zero-order chi connectivity index (χ0) is 22.5. The average molecular weight is 423 g/mol. The van der Waals surface area contributed by atoms with E-state index in [0.717, 1.165) is 47.4 Å². The minimum atomic E-state index is 0.0113. The number of phenols is 1. The summed E-state index contributed by atoms with van der Waals surface area (Å²) in [5.41, 5.74) is 4.23. The van der Waals surface area contributed by atoms with Crippen LogP contribution in [0.4, 0.5) is 5.69 Å². The number of likely N-dealkylation sites (N-methyl/N-ethyl adjacent to an activating group) is 1. The Kier molecular flexibility index (Phi) is 7.33. The molecular formula is C25H34N4O2. The average Bonchev–Trinajstić information content (AvgIpc) is 2.73. The largest absolute Gasteiger partial charge is 0.508 e. The topological polar surface area (TPSA) is 61.7 Å². The third-order valence-electron chi connectivity index (χ3n) is 5.35. The number of hydrogen-bond donors (Lipinski definition) is 1. The van der Waals surface area contributed by atoms with E-state index in [4.69, 9.17) is 9.72 Å². The van der Waals surface area contributed by atoms with Gasteiger partial charge >= 0.3 is 6.01 Å². The molecule has 3 aromatic rings. The number of fused-ring (bicyclic) bond motifs is 2. The molecule has 0 saturated carbocycles. The molecule has 0 saturated heterocycles. The first-order chi connectivity index (χ1) is 14.9. The number of aryl methyl sites for hydroxylation is 1. The molecule has 166 valence electrons. The molecule has 1 atom stereocenters. The van der Waals surface area contributed by atoms with Gasteiger partial charge in [-0.15, -0.1) is 0 Å². The summed E-state index contributed by atoms with van der Waals surface area (Å²) in [6.45, 7) is 10.4. The summed E-state index contributed by atoms with van der Waals surface area (Å²) < 4.78 is 5.98. The van der Waals surface area contributed by atoms with Gasteiger partial charge in [0, 0.05) is 35.9 Å². The Labute approximate surface area is 185 Å². The number of phenolic OH excluding ortho intramolecular Hbond substituents is 1. The Morgan fingerprint density at radius 2 is 1.90 bits per heavy atom. The van der Waals surface area contributed by atoms with E-state index < -0.39 is 0 Å². The lowest BCUT2D eigenvalue weighted by molar-refractivity contribution is 0.162. The molecule has 2 aromatic carbocycles. The summed E-state index contributed by atoms with van der Waals surface area (Å²) in [6, 6.07) is 12.2. The van der Waals surface area contributed by atoms with E-state index in [1.807, 2.05) is 66.1 Å². The molecule has 1 N–H and O–H groups in total. The van der Waals surface area contributed by atoms with Crippen molar-refractivity contribution >= 4 is 16.5 Å². The van der Waals surface area contributed by atoms with Crippen molar-refractivity contribution in [2.75, 3.05) is 32.1 Å². The molecule has 6 heteroatoms. The number of nitrogens with zero attached hydrogens (tertiary/aromatic N) is 4. The highest BCUT2D eigenvalue weighted by Gasteiger charge is 2.23. The van der Waals surface area contributed by atoms with E-state index >= 15 is 0 Å². The van der Waals surface area contributed by atoms with Crippen LogP contribution < -0.4 is 9.64 Å². The normalized spacial score (nSPS) is 14.1. The van der Waals surface area contributed by atoms with Crippen LogP contribution in [0.25, 0.3) is 10.8 Å². The summed E-state index contributed by atoms with van der Waals surface area (Å²) in [4.78, 5) is 13.7. The van der Waals surface area contributed by atoms with Gasteiger partial charge < -0.3 is 19.6 Å². The number of ether oxygens (including phenoxy) is 1. The van der Waals surface area contributed by atoms with Crippen molar-refractivity contribution < 1.29 is 9.84 Å². The second-order valence-electron chi connectivity index (χ2n) is 8.07. The Bertz CT molecular complexity index is 1040. The van der Waals surface area contributed by atoms with Gasteiger partial charge in [0.2, 0.25) is 0 Å². The second-order valence-corrected chi connectivity index (χ2v) is 8.07. The molecule has 1 unspecified atom stereocenters. The Morgan fingerprint density at radius 1 is 1.16 bits per heavy atom. The van der Waals surface area contributed by atoms with Gasteiger partial charge in [0.25, 0.3) is 0 Å². The van der Waals surface area contributed by atoms with Gasteiger partial charge in [0.05, 0.1) is 12.2 Å². The molecule has 1 aromatic heterocycles. The number of benzene rings is 2. The first-order valence-electron chi connectivity index (χ1n) is 11.0. The standard InChI is InChI=1S/C23H28N4O2.C2H6/c1-15(13-26(3)4)29-23-24-16(2)19-9-10-27(14-21(19)25-23)22-12-18(28)11-17-7-5-6-8-20(17)22;1-2/h5-8,11-12,15,28H,9-10,13-14H2,1-4H3;1-2H3. The van der Waals surface area contributed by atoms with E-state index in [1.165, 1.54) is 5.56 Å². The second kappa shape index (κ2) is 9.96. The number of aromatic nitrogens is 2. The van der Waals surface area contributed by atoms with Gasteiger partial charge in [0.15, 0.2) is 0 Å². The Hall–Kier alpha value is -2.86. The van der Waals surface area contributed by atoms with Gasteiger partial charge in [-0.2, -0.15) is 4.98 Å². The van der Waals surface area contributed by atoms with Crippen LogP contribution in [0.2, 0.25) is 0 Å². The zero-order valence-corrected chi connectivity index (χ0v) is 19.5. The summed E-state index contributed by atoms with van der Waals surface area (Å²) in [5, 5.41) is 12.4. The molecule has 2 heterocycles. The summed E-state index contributed by atoms with van der Waals surface area (Å²) in [7, 11) is 4.05. The quantitative estimate of drug-likeness (QED) is 0.650. The van der Waals surface area contributed by atoms with Gasteiger partial charge in [-0.3, -0.25) is 0 Å². The maximum atomic E-state index is 10.2. The predicted molar refractivity (Wildman–Crippen MR) is 127 cm³/mol. The molecule has 0 fully saturated rings. The highest BCUT2D eigenvalue weighted by Crippen LogP contribution is 2.34. The number of aromatic hydroxyl groups is 1. The number of rotatable bonds is 5. The van der Waals surface area contributed by atoms with Crippen LogP contribution in [0.3, 0.4) is 0 Å². The smallest absolute Gasteiger partial charge is 0.317 e. The number of hydrogen-bond acceptors (Lipinski definition) is 6. The van der Waals surface area contributed by atoms with Gasteiger partial charge in [-0.25, -0.2) is 4.98 Å². The highest BCUT2D eigenvalue weighted by atomic mass is 16.5. The molecule has 4 rings (SSSR count). The van der Waals surface area contributed by atoms with E-state index in [9.17, 15) is 5.11 Å². The fourth-order valence-electron chi connectivity index (χ4n) is 4.12. The van der Waals surface area contributed by atoms with Crippen molar-refractivity contribution in [1.29, 1.82) is 0 Å². The molecular weight excluding hydrogens is 388 g/mol. The van der Waals surface area contributed by atoms with Crippen LogP contribution in [0.1, 0.15) is 37.7 Å². The van der Waals surface area contributed by atoms with Crippen molar-refractivity contribution in [2.24, 2.45) is 0 Å². The fraction of sp³-hybridized carbons (Fsp3) is 0.440. The monoisotopic (exact) mass is 422 g/mol. The van der Waals surface area contributed by atoms with Crippen LogP contribution >= 0.6 is 0 Å². The maximum absolute atomic E-state index is 10.2. The fourth-order valence-corrected chi connectivity index (χ4v) is 4.12. The van der Waals surface area contributed by atoms with E-state index in [2.05, 4.69) is 20.9 Å². The zero-order valence-electron chi connectivity index (χ0n) is 19.5. The first-order valence-corrected chi connectivity index (χ1v) is 11.0. The van der Waals surface area contributed by atoms with Crippen molar-refractivity contribution in [3.8, 4) is 11.8 Å². The maximum Gasteiger partial charge on any atom is 0.317 e. The van der Waals surface area contributed by atoms with Crippen LogP contribution in [-0.4, -0.2) is 53.3 Å². The van der Waals surface area contributed by atoms with Crippen LogP contribution in [0.5, 0.6) is 11.8 Å². The molecule has 0 amide bonds. The van der Waals surface area contributed by atoms with Gasteiger partial charge in [0.1, 0.15) is 11.9 Å². The molecule has 0 radical (unpaired) electrons. The lowest BCUT2D eigenvalue weighted by Crippen LogP contribution is -2.33. The molecule has 6 nitrogen and oxygen atoms in total. The van der Waals surface area contributed by atoms with E-state index in [0.29, 0.717) is 12.6 Å². The van der Waals surface area contributed by atoms with Crippen molar-refractivity contribution in [2.45, 2.75) is 46.8 Å². The summed E-state index contributed by atoms with van der Waals surface area (Å²) in [6.07, 6.45) is 0.885. The van der Waals surface area contributed by atoms with Crippen molar-refractivity contribution in [3.05, 3.63) is 53.3 Å². The van der Waals surface area contributed by atoms with E-state index in [-0.39, 0.29) is 11.9 Å². The molecule has 31 heavy (non-hydrogen) atoms. The van der Waals surface area contributed by atoms with E-state index in [1.54, 1.807) is 6.07 Å². The van der Waals surface area contributed by atoms with Crippen LogP contribution in [-0.2, 0) is 13.0 Å². The molecule has 1 aliphatic heterocycles. The Balaban J connectivity index is 0.00000132. The third-order valence-corrected chi connectivity index (χ3v) is 5.35. The minimum Gasteiger partial charge on any atom is -0.508 e. The van der Waals surface area contributed by atoms with Crippen LogP contribution in [0.15, 0.2) is 36.4 Å². The summed E-state index contributed by atoms with van der Waals surface area (Å²) >= 11 is 0. The SMILES string of the molecule is CC.Cc1nc(OC(C)CN(C)C)nc2c1CCN(c1cc(O)cc3ccccc13)C2. The van der Waals surface area contributed by atoms with Crippen LogP contribution in [0, 0.1) is 6.92 Å². The minimum absolute atomic E-state index is 0.0113. The highest BCUT2D eigenvalue weighted by molar-refractivity contribution is 5.95. The predicted octanol–water partition coefficient (Wildman–Crippen LogP) is 4.56. The molecule has 1 aliphatic rings. The van der Waals surface area contributed by atoms with Crippen molar-refractivity contribution in [3.63, 3.8) is 0 Å². The summed E-state index contributed by atoms with van der Waals surface area (Å²) in [5.74, 6) is 0.282. The first kappa shape index (κ1) is 22.8. The van der Waals surface area contributed by atoms with Crippen molar-refractivity contribution in [1.82, 2.24) is 14.9 Å².